The summed E-state index contributed by atoms with van der Waals surface area (Å²) in [7, 11) is 0. The number of ether oxygens (including phenoxy) is 4. The van der Waals surface area contributed by atoms with Gasteiger partial charge in [0, 0.05) is 12.1 Å². The van der Waals surface area contributed by atoms with E-state index in [0.29, 0.717) is 0 Å². The van der Waals surface area contributed by atoms with Crippen LogP contribution in [0, 0.1) is 0 Å². The molecule has 15 heteroatoms. The molecular formula is C18H35N3O12. The van der Waals surface area contributed by atoms with Crippen LogP contribution in [0.3, 0.4) is 0 Å². The Morgan fingerprint density at radius 2 is 1.06 bits per heavy atom. The summed E-state index contributed by atoms with van der Waals surface area (Å²) in [6.45, 7) is -1.30. The van der Waals surface area contributed by atoms with E-state index < -0.39 is 105 Å². The van der Waals surface area contributed by atoms with Gasteiger partial charge in [-0.2, -0.15) is 0 Å². The fraction of sp³-hybridized carbons (Fsp3) is 1.00. The van der Waals surface area contributed by atoms with Crippen LogP contribution in [0.2, 0.25) is 0 Å². The molecule has 0 aromatic heterocycles. The van der Waals surface area contributed by atoms with E-state index >= 15 is 0 Å². The second-order valence-electron chi connectivity index (χ2n) is 8.74. The molecule has 2 saturated heterocycles. The first-order valence-electron chi connectivity index (χ1n) is 10.7. The normalized spacial score (nSPS) is 53.7. The van der Waals surface area contributed by atoms with Gasteiger partial charge in [0.05, 0.1) is 19.3 Å². The Bertz CT molecular complexity index is 582. The van der Waals surface area contributed by atoms with Crippen molar-refractivity contribution in [2.24, 2.45) is 17.2 Å². The van der Waals surface area contributed by atoms with Crippen LogP contribution in [0.25, 0.3) is 0 Å². The molecule has 3 fully saturated rings. The quantitative estimate of drug-likeness (QED) is 0.167. The molecular weight excluding hydrogens is 450 g/mol. The Labute approximate surface area is 189 Å². The van der Waals surface area contributed by atoms with Crippen molar-refractivity contribution in [2.45, 2.75) is 98.2 Å². The molecule has 1 aliphatic carbocycles. The van der Waals surface area contributed by atoms with E-state index in [2.05, 4.69) is 0 Å². The highest BCUT2D eigenvalue weighted by molar-refractivity contribution is 5.01. The van der Waals surface area contributed by atoms with Crippen molar-refractivity contribution < 1.29 is 59.8 Å². The van der Waals surface area contributed by atoms with Crippen LogP contribution in [-0.2, 0) is 18.9 Å². The zero-order valence-corrected chi connectivity index (χ0v) is 17.7. The van der Waals surface area contributed by atoms with Crippen molar-refractivity contribution in [3.63, 3.8) is 0 Å². The molecule has 0 radical (unpaired) electrons. The Morgan fingerprint density at radius 1 is 0.606 bits per heavy atom. The second kappa shape index (κ2) is 11.0. The minimum Gasteiger partial charge on any atom is -0.394 e. The maximum Gasteiger partial charge on any atom is 0.187 e. The molecule has 14 N–H and O–H groups in total. The average molecular weight is 485 g/mol. The largest absolute Gasteiger partial charge is 0.394 e. The maximum absolute atomic E-state index is 10.9. The number of rotatable bonds is 6. The van der Waals surface area contributed by atoms with Crippen LogP contribution in [0.1, 0.15) is 6.42 Å². The van der Waals surface area contributed by atoms with Gasteiger partial charge in [-0.05, 0) is 6.42 Å². The summed E-state index contributed by atoms with van der Waals surface area (Å²) >= 11 is 0. The molecule has 15 nitrogen and oxygen atoms in total. The van der Waals surface area contributed by atoms with Gasteiger partial charge in [0.15, 0.2) is 12.6 Å². The molecule has 33 heavy (non-hydrogen) atoms. The molecule has 2 heterocycles. The van der Waals surface area contributed by atoms with Crippen LogP contribution in [0.15, 0.2) is 0 Å². The molecule has 1 saturated carbocycles. The maximum atomic E-state index is 10.9. The van der Waals surface area contributed by atoms with E-state index in [-0.39, 0.29) is 6.42 Å². The standard InChI is InChI=1S/C18H35N3O12/c19-4-1-5(20)16(33-18-13(28)12(27)10(25)7(3-23)31-18)14(29)15(4)32-17-8(21)11(26)9(24)6(2-22)30-17/h4-18,22-29H,1-3,19-21H2/t4-,5+,6+,7+,8+,9+,10+,11+,12-,13+,14-,15+,16-,17+,18+/m0/s1. The fourth-order valence-corrected chi connectivity index (χ4v) is 4.35. The van der Waals surface area contributed by atoms with Gasteiger partial charge in [0.2, 0.25) is 0 Å². The predicted molar refractivity (Wildman–Crippen MR) is 106 cm³/mol. The van der Waals surface area contributed by atoms with Crippen LogP contribution in [-0.4, -0.2) is 146 Å². The summed E-state index contributed by atoms with van der Waals surface area (Å²) in [6, 6.07) is -2.93. The van der Waals surface area contributed by atoms with E-state index in [9.17, 15) is 40.9 Å². The Hall–Kier alpha value is -0.600. The fourth-order valence-electron chi connectivity index (χ4n) is 4.35. The van der Waals surface area contributed by atoms with Gasteiger partial charge < -0.3 is 77.0 Å². The number of aliphatic hydroxyl groups excluding tert-OH is 8. The van der Waals surface area contributed by atoms with Gasteiger partial charge in [0.25, 0.3) is 0 Å². The molecule has 194 valence electrons. The SMILES string of the molecule is N[C@H]1[C@@H](O[C@H]2[C@H](O)[C@@H](O[C@H]3O[C@H](CO)[C@@H](O)[C@H](O)[C@H]3O)[C@H](N)C[C@@H]2N)O[C@H](CO)[C@@H](O)[C@@H]1O. The summed E-state index contributed by atoms with van der Waals surface area (Å²) in [5.41, 5.74) is 18.0. The highest BCUT2D eigenvalue weighted by Gasteiger charge is 2.51. The van der Waals surface area contributed by atoms with Gasteiger partial charge in [-0.1, -0.05) is 0 Å². The lowest BCUT2D eigenvalue weighted by Gasteiger charge is -2.48. The van der Waals surface area contributed by atoms with Gasteiger partial charge >= 0.3 is 0 Å². The summed E-state index contributed by atoms with van der Waals surface area (Å²) in [4.78, 5) is 0. The van der Waals surface area contributed by atoms with Crippen LogP contribution < -0.4 is 17.2 Å². The number of hydrogen-bond donors (Lipinski definition) is 11. The summed E-state index contributed by atoms with van der Waals surface area (Å²) in [5, 5.41) is 79.7. The Morgan fingerprint density at radius 3 is 1.58 bits per heavy atom. The van der Waals surface area contributed by atoms with Crippen molar-refractivity contribution in [2.75, 3.05) is 13.2 Å². The van der Waals surface area contributed by atoms with E-state index in [0.717, 1.165) is 0 Å². The van der Waals surface area contributed by atoms with Gasteiger partial charge in [0.1, 0.15) is 61.0 Å². The minimum absolute atomic E-state index is 0.0698. The highest BCUT2D eigenvalue weighted by atomic mass is 16.7. The Balaban J connectivity index is 1.72. The van der Waals surface area contributed by atoms with E-state index in [1.165, 1.54) is 0 Å². The first kappa shape index (κ1) is 27.0. The van der Waals surface area contributed by atoms with E-state index in [1.807, 2.05) is 0 Å². The van der Waals surface area contributed by atoms with Crippen LogP contribution in [0.5, 0.6) is 0 Å². The average Bonchev–Trinajstić information content (AvgIpc) is 2.79. The molecule has 0 aromatic rings. The third-order valence-corrected chi connectivity index (χ3v) is 6.42. The molecule has 3 aliphatic rings. The van der Waals surface area contributed by atoms with Crippen molar-refractivity contribution in [3.05, 3.63) is 0 Å². The molecule has 0 aromatic carbocycles. The van der Waals surface area contributed by atoms with Crippen LogP contribution in [0.4, 0.5) is 0 Å². The monoisotopic (exact) mass is 485 g/mol. The van der Waals surface area contributed by atoms with Crippen molar-refractivity contribution in [1.82, 2.24) is 0 Å². The van der Waals surface area contributed by atoms with Gasteiger partial charge in [-0.25, -0.2) is 0 Å². The smallest absolute Gasteiger partial charge is 0.187 e. The molecule has 15 atom stereocenters. The molecule has 3 rings (SSSR count). The highest BCUT2D eigenvalue weighted by Crippen LogP contribution is 2.31. The lowest BCUT2D eigenvalue weighted by molar-refractivity contribution is -0.332. The first-order chi connectivity index (χ1) is 15.5. The zero-order chi connectivity index (χ0) is 24.6. The molecule has 2 aliphatic heterocycles. The third kappa shape index (κ3) is 5.32. The van der Waals surface area contributed by atoms with Gasteiger partial charge in [-0.3, -0.25) is 0 Å². The lowest BCUT2D eigenvalue weighted by Crippen LogP contribution is -2.68. The molecule has 0 spiro atoms. The summed E-state index contributed by atoms with van der Waals surface area (Å²) in [6.07, 6.45) is -17.1. The third-order valence-electron chi connectivity index (χ3n) is 6.42. The Kier molecular flexibility index (Phi) is 8.99. The second-order valence-corrected chi connectivity index (χ2v) is 8.74. The van der Waals surface area contributed by atoms with Gasteiger partial charge in [-0.15, -0.1) is 0 Å². The topological polar surface area (TPSA) is 277 Å². The lowest BCUT2D eigenvalue weighted by atomic mass is 9.84. The first-order valence-corrected chi connectivity index (χ1v) is 10.7. The molecule has 0 bridgehead atoms. The van der Waals surface area contributed by atoms with E-state index in [1.54, 1.807) is 0 Å². The summed E-state index contributed by atoms with van der Waals surface area (Å²) in [5.74, 6) is 0. The number of aliphatic hydroxyl groups is 8. The van der Waals surface area contributed by atoms with Crippen LogP contribution >= 0.6 is 0 Å². The minimum atomic E-state index is -1.71. The van der Waals surface area contributed by atoms with Crippen molar-refractivity contribution in [3.8, 4) is 0 Å². The van der Waals surface area contributed by atoms with Crippen molar-refractivity contribution >= 4 is 0 Å². The molecule has 0 unspecified atom stereocenters. The summed E-state index contributed by atoms with van der Waals surface area (Å²) < 4.78 is 22.1. The molecule has 0 amide bonds. The number of hydrogen-bond acceptors (Lipinski definition) is 15. The number of nitrogens with two attached hydrogens (primary N) is 3. The predicted octanol–water partition coefficient (Wildman–Crippen LogP) is -7.26. The van der Waals surface area contributed by atoms with E-state index in [4.69, 9.17) is 36.1 Å². The van der Waals surface area contributed by atoms with Crippen molar-refractivity contribution in [1.29, 1.82) is 0 Å². The zero-order valence-electron chi connectivity index (χ0n) is 17.7.